The zero-order chi connectivity index (χ0) is 15.3. The molecule has 0 saturated carbocycles. The second-order valence-corrected chi connectivity index (χ2v) is 5.88. The molecule has 0 aliphatic carbocycles. The van der Waals surface area contributed by atoms with Crippen LogP contribution < -0.4 is 5.32 Å². The van der Waals surface area contributed by atoms with Gasteiger partial charge in [0.25, 0.3) is 0 Å². The number of hydrogen-bond donors (Lipinski definition) is 3. The predicted molar refractivity (Wildman–Crippen MR) is 86.7 cm³/mol. The molecule has 3 nitrogen and oxygen atoms in total. The van der Waals surface area contributed by atoms with Crippen molar-refractivity contribution < 1.29 is 10.2 Å². The van der Waals surface area contributed by atoms with Crippen molar-refractivity contribution in [2.24, 2.45) is 0 Å². The van der Waals surface area contributed by atoms with Gasteiger partial charge in [0, 0.05) is 5.69 Å². The lowest BCUT2D eigenvalue weighted by atomic mass is 9.93. The summed E-state index contributed by atoms with van der Waals surface area (Å²) in [7, 11) is 0. The van der Waals surface area contributed by atoms with Gasteiger partial charge in [0.15, 0.2) is 0 Å². The van der Waals surface area contributed by atoms with Gasteiger partial charge in [0.05, 0.1) is 12.1 Å². The smallest absolute Gasteiger partial charge is 0.115 e. The molecule has 3 heteroatoms. The number of phenolic OH excluding ortho intramolecular Hbond substituents is 1. The molecule has 0 aromatic heterocycles. The first-order valence-corrected chi connectivity index (χ1v) is 7.24. The van der Waals surface area contributed by atoms with Gasteiger partial charge in [-0.1, -0.05) is 24.3 Å². The van der Waals surface area contributed by atoms with Gasteiger partial charge in [-0.15, -0.1) is 0 Å². The highest BCUT2D eigenvalue weighted by atomic mass is 16.3. The van der Waals surface area contributed by atoms with E-state index in [9.17, 15) is 10.2 Å². The lowest BCUT2D eigenvalue weighted by Gasteiger charge is -2.30. The highest BCUT2D eigenvalue weighted by Gasteiger charge is 2.22. The van der Waals surface area contributed by atoms with Gasteiger partial charge >= 0.3 is 0 Å². The van der Waals surface area contributed by atoms with Crippen LogP contribution >= 0.6 is 0 Å². The zero-order valence-electron chi connectivity index (χ0n) is 12.6. The van der Waals surface area contributed by atoms with Crippen molar-refractivity contribution in [3.05, 3.63) is 59.7 Å². The van der Waals surface area contributed by atoms with Crippen LogP contribution in [0.2, 0.25) is 0 Å². The average molecular weight is 285 g/mol. The molecule has 0 amide bonds. The highest BCUT2D eigenvalue weighted by molar-refractivity contribution is 5.47. The van der Waals surface area contributed by atoms with Crippen molar-refractivity contribution in [3.8, 4) is 5.75 Å². The van der Waals surface area contributed by atoms with Crippen LogP contribution in [0.25, 0.3) is 0 Å². The molecular formula is C18H23NO2. The van der Waals surface area contributed by atoms with Crippen molar-refractivity contribution in [2.45, 2.75) is 32.2 Å². The summed E-state index contributed by atoms with van der Waals surface area (Å²) < 4.78 is 0. The quantitative estimate of drug-likeness (QED) is 0.761. The van der Waals surface area contributed by atoms with Gasteiger partial charge < -0.3 is 15.5 Å². The third kappa shape index (κ3) is 4.50. The molecule has 1 atom stereocenters. The summed E-state index contributed by atoms with van der Waals surface area (Å²) >= 11 is 0. The number of benzene rings is 2. The first-order valence-electron chi connectivity index (χ1n) is 7.24. The van der Waals surface area contributed by atoms with Crippen molar-refractivity contribution in [1.29, 1.82) is 0 Å². The van der Waals surface area contributed by atoms with Crippen molar-refractivity contribution in [3.63, 3.8) is 0 Å². The second-order valence-electron chi connectivity index (χ2n) is 5.88. The SMILES string of the molecule is Cc1cccc(NC(C)(CO)CCc2ccc(O)cc2)c1. The van der Waals surface area contributed by atoms with Gasteiger partial charge in [-0.25, -0.2) is 0 Å². The number of hydrogen-bond acceptors (Lipinski definition) is 3. The van der Waals surface area contributed by atoms with Gasteiger partial charge in [-0.2, -0.15) is 0 Å². The Morgan fingerprint density at radius 1 is 1.10 bits per heavy atom. The Bertz CT molecular complexity index is 580. The lowest BCUT2D eigenvalue weighted by molar-refractivity contribution is 0.215. The Kier molecular flexibility index (Phi) is 4.86. The van der Waals surface area contributed by atoms with E-state index in [1.165, 1.54) is 5.56 Å². The lowest BCUT2D eigenvalue weighted by Crippen LogP contribution is -2.39. The Labute approximate surface area is 126 Å². The Morgan fingerprint density at radius 3 is 2.43 bits per heavy atom. The van der Waals surface area contributed by atoms with E-state index in [-0.39, 0.29) is 17.9 Å². The molecule has 0 aliphatic rings. The molecule has 2 aromatic rings. The Balaban J connectivity index is 2.01. The Morgan fingerprint density at radius 2 is 1.81 bits per heavy atom. The summed E-state index contributed by atoms with van der Waals surface area (Å²) in [5, 5.41) is 22.5. The molecule has 21 heavy (non-hydrogen) atoms. The van der Waals surface area contributed by atoms with E-state index in [1.807, 2.05) is 31.2 Å². The molecule has 2 aromatic carbocycles. The molecule has 0 heterocycles. The van der Waals surface area contributed by atoms with E-state index in [0.29, 0.717) is 0 Å². The van der Waals surface area contributed by atoms with E-state index in [4.69, 9.17) is 0 Å². The number of phenols is 1. The molecule has 0 saturated heterocycles. The van der Waals surface area contributed by atoms with Crippen LogP contribution in [-0.4, -0.2) is 22.4 Å². The number of aliphatic hydroxyl groups excluding tert-OH is 1. The van der Waals surface area contributed by atoms with Gasteiger partial charge in [-0.3, -0.25) is 0 Å². The third-order valence-corrected chi connectivity index (χ3v) is 3.71. The molecule has 2 rings (SSSR count). The minimum absolute atomic E-state index is 0.0685. The van der Waals surface area contributed by atoms with Crippen LogP contribution in [0.4, 0.5) is 5.69 Å². The van der Waals surface area contributed by atoms with Crippen LogP contribution in [0.1, 0.15) is 24.5 Å². The van der Waals surface area contributed by atoms with Crippen LogP contribution in [-0.2, 0) is 6.42 Å². The van der Waals surface area contributed by atoms with Crippen LogP contribution in [0.5, 0.6) is 5.75 Å². The van der Waals surface area contributed by atoms with E-state index in [0.717, 1.165) is 24.1 Å². The molecule has 0 bridgehead atoms. The van der Waals surface area contributed by atoms with Gasteiger partial charge in [0.1, 0.15) is 5.75 Å². The fourth-order valence-electron chi connectivity index (χ4n) is 2.34. The summed E-state index contributed by atoms with van der Waals surface area (Å²) in [6.07, 6.45) is 1.65. The van der Waals surface area contributed by atoms with E-state index >= 15 is 0 Å². The average Bonchev–Trinajstić information content (AvgIpc) is 2.47. The monoisotopic (exact) mass is 285 g/mol. The molecule has 3 N–H and O–H groups in total. The normalized spacial score (nSPS) is 13.7. The maximum absolute atomic E-state index is 9.74. The first-order chi connectivity index (χ1) is 10.0. The Hall–Kier alpha value is -2.00. The number of aromatic hydroxyl groups is 1. The fraction of sp³-hybridized carbons (Fsp3) is 0.333. The number of rotatable bonds is 6. The van der Waals surface area contributed by atoms with Crippen molar-refractivity contribution >= 4 is 5.69 Å². The number of aryl methyl sites for hydroxylation is 2. The molecule has 112 valence electrons. The van der Waals surface area contributed by atoms with Gasteiger partial charge in [0.2, 0.25) is 0 Å². The number of aliphatic hydroxyl groups is 1. The van der Waals surface area contributed by atoms with Crippen LogP contribution in [0, 0.1) is 6.92 Å². The topological polar surface area (TPSA) is 52.5 Å². The van der Waals surface area contributed by atoms with Crippen LogP contribution in [0.3, 0.4) is 0 Å². The third-order valence-electron chi connectivity index (χ3n) is 3.71. The van der Waals surface area contributed by atoms with E-state index in [1.54, 1.807) is 12.1 Å². The molecular weight excluding hydrogens is 262 g/mol. The van der Waals surface area contributed by atoms with Crippen molar-refractivity contribution in [1.82, 2.24) is 0 Å². The molecule has 0 radical (unpaired) electrons. The summed E-state index contributed by atoms with van der Waals surface area (Å²) in [5.41, 5.74) is 3.00. The molecule has 0 fully saturated rings. The zero-order valence-corrected chi connectivity index (χ0v) is 12.6. The maximum atomic E-state index is 9.74. The molecule has 0 spiro atoms. The first kappa shape index (κ1) is 15.4. The van der Waals surface area contributed by atoms with Crippen LogP contribution in [0.15, 0.2) is 48.5 Å². The van der Waals surface area contributed by atoms with Crippen molar-refractivity contribution in [2.75, 3.05) is 11.9 Å². The second kappa shape index (κ2) is 6.64. The summed E-state index contributed by atoms with van der Waals surface area (Å²) in [5.74, 6) is 0.279. The van der Waals surface area contributed by atoms with E-state index < -0.39 is 0 Å². The maximum Gasteiger partial charge on any atom is 0.115 e. The van der Waals surface area contributed by atoms with E-state index in [2.05, 4.69) is 24.4 Å². The fourth-order valence-corrected chi connectivity index (χ4v) is 2.34. The number of anilines is 1. The summed E-state index contributed by atoms with van der Waals surface area (Å²) in [4.78, 5) is 0. The van der Waals surface area contributed by atoms with Gasteiger partial charge in [-0.05, 0) is 62.1 Å². The highest BCUT2D eigenvalue weighted by Crippen LogP contribution is 2.22. The largest absolute Gasteiger partial charge is 0.508 e. The predicted octanol–water partition coefficient (Wildman–Crippen LogP) is 3.50. The minimum Gasteiger partial charge on any atom is -0.508 e. The molecule has 0 aliphatic heterocycles. The summed E-state index contributed by atoms with van der Waals surface area (Å²) in [6, 6.07) is 15.4. The minimum atomic E-state index is -0.369. The molecule has 1 unspecified atom stereocenters. The standard InChI is InChI=1S/C18H23NO2/c1-14-4-3-5-16(12-14)19-18(2,13-20)11-10-15-6-8-17(21)9-7-15/h3-9,12,19-21H,10-11,13H2,1-2H3. The summed E-state index contributed by atoms with van der Waals surface area (Å²) in [6.45, 7) is 4.15. The number of nitrogens with one attached hydrogen (secondary N) is 1.